The van der Waals surface area contributed by atoms with E-state index in [1.165, 1.54) is 11.8 Å². The van der Waals surface area contributed by atoms with Gasteiger partial charge in [0.05, 0.1) is 5.02 Å². The minimum atomic E-state index is 0.619. The van der Waals surface area contributed by atoms with Crippen LogP contribution in [0.15, 0.2) is 28.3 Å². The van der Waals surface area contributed by atoms with E-state index in [1.807, 2.05) is 19.2 Å². The molecule has 0 unspecified atom stereocenters. The van der Waals surface area contributed by atoms with E-state index in [0.29, 0.717) is 5.92 Å². The number of hydrogen-bond donors (Lipinski definition) is 1. The van der Waals surface area contributed by atoms with Crippen LogP contribution < -0.4 is 5.32 Å². The van der Waals surface area contributed by atoms with Crippen LogP contribution >= 0.6 is 23.4 Å². The number of halogens is 1. The molecule has 0 aliphatic carbocycles. The first-order chi connectivity index (χ1) is 9.58. The van der Waals surface area contributed by atoms with E-state index in [9.17, 15) is 0 Å². The minimum absolute atomic E-state index is 0.619. The zero-order chi connectivity index (χ0) is 14.5. The van der Waals surface area contributed by atoms with Crippen molar-refractivity contribution in [3.8, 4) is 0 Å². The van der Waals surface area contributed by atoms with Crippen molar-refractivity contribution in [3.05, 3.63) is 28.8 Å². The summed E-state index contributed by atoms with van der Waals surface area (Å²) in [5.74, 6) is 0.619. The van der Waals surface area contributed by atoms with Gasteiger partial charge in [-0.05, 0) is 46.3 Å². The molecule has 5 nitrogen and oxygen atoms in total. The van der Waals surface area contributed by atoms with Gasteiger partial charge in [-0.25, -0.2) is 4.68 Å². The van der Waals surface area contributed by atoms with E-state index in [-0.39, 0.29) is 0 Å². The van der Waals surface area contributed by atoms with Crippen molar-refractivity contribution in [2.45, 2.75) is 30.4 Å². The Morgan fingerprint density at radius 1 is 1.40 bits per heavy atom. The highest BCUT2D eigenvalue weighted by Gasteiger charge is 2.12. The van der Waals surface area contributed by atoms with Gasteiger partial charge < -0.3 is 5.32 Å². The van der Waals surface area contributed by atoms with Gasteiger partial charge in [-0.3, -0.25) is 0 Å². The van der Waals surface area contributed by atoms with Crippen LogP contribution in [-0.4, -0.2) is 26.8 Å². The maximum atomic E-state index is 6.31. The molecule has 7 heteroatoms. The average molecular weight is 312 g/mol. The molecule has 0 aliphatic heterocycles. The highest BCUT2D eigenvalue weighted by molar-refractivity contribution is 7.99. The molecule has 0 saturated carbocycles. The van der Waals surface area contributed by atoms with Crippen LogP contribution in [0.1, 0.15) is 19.4 Å². The molecule has 0 amide bonds. The number of tetrazole rings is 1. The van der Waals surface area contributed by atoms with Crippen LogP contribution in [0.3, 0.4) is 0 Å². The van der Waals surface area contributed by atoms with Gasteiger partial charge in [-0.15, -0.1) is 5.10 Å². The Hall–Kier alpha value is -1.11. The van der Waals surface area contributed by atoms with Crippen molar-refractivity contribution >= 4 is 23.4 Å². The van der Waals surface area contributed by atoms with Crippen molar-refractivity contribution in [2.24, 2.45) is 13.0 Å². The van der Waals surface area contributed by atoms with Gasteiger partial charge in [0.1, 0.15) is 0 Å². The highest BCUT2D eigenvalue weighted by Crippen LogP contribution is 2.34. The van der Waals surface area contributed by atoms with E-state index >= 15 is 0 Å². The molecule has 1 aromatic carbocycles. The molecular weight excluding hydrogens is 294 g/mol. The first kappa shape index (κ1) is 15.3. The number of rotatable bonds is 6. The number of benzene rings is 1. The lowest BCUT2D eigenvalue weighted by Gasteiger charge is -2.12. The van der Waals surface area contributed by atoms with Crippen LogP contribution in [0, 0.1) is 5.92 Å². The standard InChI is InChI=1S/C13H18ClN5S/c1-9(2)7-15-8-10-5-4-6-11(14)12(10)20-13-16-17-18-19(13)3/h4-6,9,15H,7-8H2,1-3H3. The summed E-state index contributed by atoms with van der Waals surface area (Å²) in [6, 6.07) is 5.93. The Kier molecular flexibility index (Phi) is 5.39. The molecular formula is C13H18ClN5S. The van der Waals surface area contributed by atoms with Gasteiger partial charge in [0.25, 0.3) is 0 Å². The molecule has 0 radical (unpaired) electrons. The second kappa shape index (κ2) is 7.06. The van der Waals surface area contributed by atoms with Gasteiger partial charge >= 0.3 is 0 Å². The lowest BCUT2D eigenvalue weighted by molar-refractivity contribution is 0.550. The summed E-state index contributed by atoms with van der Waals surface area (Å²) in [5.41, 5.74) is 1.16. The van der Waals surface area contributed by atoms with E-state index in [0.717, 1.165) is 33.7 Å². The predicted molar refractivity (Wildman–Crippen MR) is 80.9 cm³/mol. The fourth-order valence-corrected chi connectivity index (χ4v) is 2.88. The average Bonchev–Trinajstić information content (AvgIpc) is 2.78. The molecule has 0 bridgehead atoms. The van der Waals surface area contributed by atoms with Gasteiger partial charge in [0.15, 0.2) is 0 Å². The third-order valence-corrected chi connectivity index (χ3v) is 4.33. The second-order valence-corrected chi connectivity index (χ2v) is 6.32. The first-order valence-electron chi connectivity index (χ1n) is 6.46. The van der Waals surface area contributed by atoms with Crippen molar-refractivity contribution < 1.29 is 0 Å². The van der Waals surface area contributed by atoms with Gasteiger partial charge in [-0.2, -0.15) is 0 Å². The Bertz CT molecular complexity index is 570. The Morgan fingerprint density at radius 2 is 2.20 bits per heavy atom. The molecule has 1 heterocycles. The molecule has 20 heavy (non-hydrogen) atoms. The monoisotopic (exact) mass is 311 g/mol. The van der Waals surface area contributed by atoms with E-state index in [4.69, 9.17) is 11.6 Å². The highest BCUT2D eigenvalue weighted by atomic mass is 35.5. The molecule has 1 N–H and O–H groups in total. The number of nitrogens with one attached hydrogen (secondary N) is 1. The van der Waals surface area contributed by atoms with Crippen molar-refractivity contribution in [3.63, 3.8) is 0 Å². The fourth-order valence-electron chi connectivity index (χ4n) is 1.70. The smallest absolute Gasteiger partial charge is 0.213 e. The molecule has 1 aromatic heterocycles. The third kappa shape index (κ3) is 3.94. The molecule has 108 valence electrons. The fraction of sp³-hybridized carbons (Fsp3) is 0.462. The van der Waals surface area contributed by atoms with Gasteiger partial charge in [-0.1, -0.05) is 37.6 Å². The van der Waals surface area contributed by atoms with E-state index < -0.39 is 0 Å². The zero-order valence-corrected chi connectivity index (χ0v) is 13.4. The summed E-state index contributed by atoms with van der Waals surface area (Å²) in [6.07, 6.45) is 0. The topological polar surface area (TPSA) is 55.6 Å². The molecule has 2 rings (SSSR count). The molecule has 0 atom stereocenters. The summed E-state index contributed by atoms with van der Waals surface area (Å²) in [7, 11) is 1.82. The molecule has 2 aromatic rings. The summed E-state index contributed by atoms with van der Waals surface area (Å²) >= 11 is 7.80. The molecule has 0 spiro atoms. The number of hydrogen-bond acceptors (Lipinski definition) is 5. The SMILES string of the molecule is CC(C)CNCc1cccc(Cl)c1Sc1nnnn1C. The third-order valence-electron chi connectivity index (χ3n) is 2.69. The van der Waals surface area contributed by atoms with Crippen LogP contribution in [0.25, 0.3) is 0 Å². The molecule has 0 aliphatic rings. The quantitative estimate of drug-likeness (QED) is 0.889. The van der Waals surface area contributed by atoms with E-state index in [2.05, 4.69) is 40.8 Å². The van der Waals surface area contributed by atoms with Gasteiger partial charge in [0, 0.05) is 18.5 Å². The lowest BCUT2D eigenvalue weighted by atomic mass is 10.2. The first-order valence-corrected chi connectivity index (χ1v) is 7.65. The number of nitrogens with zero attached hydrogens (tertiary/aromatic N) is 4. The zero-order valence-electron chi connectivity index (χ0n) is 11.8. The maximum absolute atomic E-state index is 6.31. The Morgan fingerprint density at radius 3 is 2.85 bits per heavy atom. The minimum Gasteiger partial charge on any atom is -0.312 e. The second-order valence-electron chi connectivity index (χ2n) is 4.94. The Labute approximate surface area is 128 Å². The van der Waals surface area contributed by atoms with Crippen LogP contribution in [0.5, 0.6) is 0 Å². The van der Waals surface area contributed by atoms with Crippen LogP contribution in [0.2, 0.25) is 5.02 Å². The summed E-state index contributed by atoms with van der Waals surface area (Å²) < 4.78 is 1.64. The molecule has 0 saturated heterocycles. The van der Waals surface area contributed by atoms with Crippen molar-refractivity contribution in [1.82, 2.24) is 25.5 Å². The summed E-state index contributed by atoms with van der Waals surface area (Å²) in [4.78, 5) is 1.00. The molecule has 0 fully saturated rings. The number of aromatic nitrogens is 4. The normalized spacial score (nSPS) is 11.2. The van der Waals surface area contributed by atoms with E-state index in [1.54, 1.807) is 4.68 Å². The summed E-state index contributed by atoms with van der Waals surface area (Å²) in [6.45, 7) is 6.13. The largest absolute Gasteiger partial charge is 0.312 e. The Balaban J connectivity index is 2.16. The van der Waals surface area contributed by atoms with Crippen LogP contribution in [0.4, 0.5) is 0 Å². The van der Waals surface area contributed by atoms with Gasteiger partial charge in [0.2, 0.25) is 5.16 Å². The maximum Gasteiger partial charge on any atom is 0.213 e. The van der Waals surface area contributed by atoms with Crippen molar-refractivity contribution in [2.75, 3.05) is 6.54 Å². The predicted octanol–water partition coefficient (Wildman–Crippen LogP) is 2.76. The lowest BCUT2D eigenvalue weighted by Crippen LogP contribution is -2.19. The van der Waals surface area contributed by atoms with Crippen LogP contribution in [-0.2, 0) is 13.6 Å². The van der Waals surface area contributed by atoms with Crippen molar-refractivity contribution in [1.29, 1.82) is 0 Å². The number of aryl methyl sites for hydroxylation is 1. The summed E-state index contributed by atoms with van der Waals surface area (Å²) in [5, 5.41) is 16.3.